The Morgan fingerprint density at radius 2 is 1.86 bits per heavy atom. The summed E-state index contributed by atoms with van der Waals surface area (Å²) < 4.78 is 5.93. The van der Waals surface area contributed by atoms with Crippen LogP contribution >= 0.6 is 23.2 Å². The summed E-state index contributed by atoms with van der Waals surface area (Å²) in [6, 6.07) is 11.8. The van der Waals surface area contributed by atoms with Crippen molar-refractivity contribution < 1.29 is 4.74 Å². The summed E-state index contributed by atoms with van der Waals surface area (Å²) in [4.78, 5) is 0. The van der Waals surface area contributed by atoms with Gasteiger partial charge >= 0.3 is 0 Å². The molecule has 0 fully saturated rings. The van der Waals surface area contributed by atoms with Gasteiger partial charge in [-0.25, -0.2) is 0 Å². The van der Waals surface area contributed by atoms with Gasteiger partial charge in [-0.2, -0.15) is 0 Å². The molecule has 0 aliphatic rings. The lowest BCUT2D eigenvalue weighted by Gasteiger charge is -2.15. The van der Waals surface area contributed by atoms with Crippen molar-refractivity contribution in [3.05, 3.63) is 57.6 Å². The van der Waals surface area contributed by atoms with Crippen LogP contribution in [-0.4, -0.2) is 13.2 Å². The highest BCUT2D eigenvalue weighted by molar-refractivity contribution is 6.36. The number of anilines is 1. The summed E-state index contributed by atoms with van der Waals surface area (Å²) in [5.41, 5.74) is 3.30. The molecule has 2 nitrogen and oxygen atoms in total. The molecule has 1 N–H and O–H groups in total. The first-order valence-corrected chi connectivity index (χ1v) is 8.15. The van der Waals surface area contributed by atoms with Gasteiger partial charge in [0.1, 0.15) is 12.4 Å². The maximum atomic E-state index is 6.13. The topological polar surface area (TPSA) is 21.3 Å². The van der Waals surface area contributed by atoms with E-state index >= 15 is 0 Å². The smallest absolute Gasteiger partial charge is 0.123 e. The zero-order valence-electron chi connectivity index (χ0n) is 13.1. The fraction of sp³-hybridized carbons (Fsp3) is 0.333. The number of ether oxygens (including phenoxy) is 1. The number of benzene rings is 2. The molecule has 22 heavy (non-hydrogen) atoms. The van der Waals surface area contributed by atoms with Gasteiger partial charge in [0.15, 0.2) is 0 Å². The average Bonchev–Trinajstić information content (AvgIpc) is 2.45. The highest BCUT2D eigenvalue weighted by Crippen LogP contribution is 2.28. The Bertz CT molecular complexity index is 641. The van der Waals surface area contributed by atoms with Gasteiger partial charge in [-0.15, -0.1) is 0 Å². The van der Waals surface area contributed by atoms with Crippen LogP contribution in [0.15, 0.2) is 36.4 Å². The predicted octanol–water partition coefficient (Wildman–Crippen LogP) is 5.92. The van der Waals surface area contributed by atoms with Crippen molar-refractivity contribution in [1.29, 1.82) is 0 Å². The van der Waals surface area contributed by atoms with E-state index in [9.17, 15) is 0 Å². The lowest BCUT2D eigenvalue weighted by Crippen LogP contribution is -2.12. The minimum absolute atomic E-state index is 0.439. The molecule has 0 aliphatic heterocycles. The van der Waals surface area contributed by atoms with Gasteiger partial charge in [0, 0.05) is 11.6 Å². The Hall–Kier alpha value is -1.38. The lowest BCUT2D eigenvalue weighted by molar-refractivity contribution is 0.328. The van der Waals surface area contributed by atoms with Crippen LogP contribution in [0.4, 0.5) is 5.69 Å². The van der Waals surface area contributed by atoms with Crippen LogP contribution in [0.25, 0.3) is 0 Å². The van der Waals surface area contributed by atoms with E-state index in [1.54, 1.807) is 6.07 Å². The number of hydrogen-bond acceptors (Lipinski definition) is 2. The molecule has 2 rings (SSSR count). The number of aryl methyl sites for hydroxylation is 1. The van der Waals surface area contributed by atoms with E-state index in [1.807, 2.05) is 12.1 Å². The second-order valence-electron chi connectivity index (χ2n) is 5.60. The van der Waals surface area contributed by atoms with Crippen LogP contribution in [0.3, 0.4) is 0 Å². The van der Waals surface area contributed by atoms with E-state index < -0.39 is 0 Å². The fourth-order valence-electron chi connectivity index (χ4n) is 2.22. The van der Waals surface area contributed by atoms with Crippen molar-refractivity contribution in [3.8, 4) is 5.75 Å². The number of hydrogen-bond donors (Lipinski definition) is 1. The second-order valence-corrected chi connectivity index (χ2v) is 6.44. The van der Waals surface area contributed by atoms with Gasteiger partial charge in [0.2, 0.25) is 0 Å². The normalized spacial score (nSPS) is 10.8. The molecule has 4 heteroatoms. The van der Waals surface area contributed by atoms with Gasteiger partial charge in [-0.05, 0) is 48.2 Å². The largest absolute Gasteiger partial charge is 0.491 e. The lowest BCUT2D eigenvalue weighted by atomic mass is 10.0. The molecule has 0 unspecified atom stereocenters. The van der Waals surface area contributed by atoms with Crippen molar-refractivity contribution >= 4 is 28.9 Å². The maximum absolute atomic E-state index is 6.13. The third kappa shape index (κ3) is 4.56. The van der Waals surface area contributed by atoms with Crippen LogP contribution in [0.5, 0.6) is 5.75 Å². The molecule has 0 saturated heterocycles. The maximum Gasteiger partial charge on any atom is 0.123 e. The van der Waals surface area contributed by atoms with Crippen molar-refractivity contribution in [2.24, 2.45) is 0 Å². The Balaban J connectivity index is 1.92. The van der Waals surface area contributed by atoms with E-state index in [2.05, 4.69) is 44.3 Å². The van der Waals surface area contributed by atoms with E-state index in [1.165, 1.54) is 11.1 Å². The number of halogens is 2. The van der Waals surface area contributed by atoms with E-state index in [-0.39, 0.29) is 0 Å². The average molecular weight is 338 g/mol. The third-order valence-electron chi connectivity index (χ3n) is 3.40. The Morgan fingerprint density at radius 3 is 2.55 bits per heavy atom. The van der Waals surface area contributed by atoms with Gasteiger partial charge in [-0.3, -0.25) is 0 Å². The molecule has 0 aromatic heterocycles. The molecule has 0 bridgehead atoms. The van der Waals surface area contributed by atoms with Gasteiger partial charge in [0.25, 0.3) is 0 Å². The predicted molar refractivity (Wildman–Crippen MR) is 95.7 cm³/mol. The molecule has 0 aliphatic carbocycles. The van der Waals surface area contributed by atoms with Crippen molar-refractivity contribution in [1.82, 2.24) is 0 Å². The summed E-state index contributed by atoms with van der Waals surface area (Å²) in [5.74, 6) is 1.40. The summed E-state index contributed by atoms with van der Waals surface area (Å²) >= 11 is 12.0. The Labute approximate surface area is 142 Å². The molecular formula is C18H21Cl2NO. The van der Waals surface area contributed by atoms with Crippen molar-refractivity contribution in [2.75, 3.05) is 18.5 Å². The van der Waals surface area contributed by atoms with E-state index in [4.69, 9.17) is 27.9 Å². The highest BCUT2D eigenvalue weighted by atomic mass is 35.5. The first-order valence-electron chi connectivity index (χ1n) is 7.39. The Kier molecular flexibility index (Phi) is 5.98. The minimum Gasteiger partial charge on any atom is -0.491 e. The molecule has 2 aromatic rings. The zero-order valence-corrected chi connectivity index (χ0v) is 14.6. The second kappa shape index (κ2) is 7.75. The first-order chi connectivity index (χ1) is 10.5. The third-order valence-corrected chi connectivity index (χ3v) is 3.95. The highest BCUT2D eigenvalue weighted by Gasteiger charge is 2.08. The summed E-state index contributed by atoms with van der Waals surface area (Å²) in [6.45, 7) is 7.66. The molecular weight excluding hydrogens is 317 g/mol. The molecule has 0 saturated carbocycles. The van der Waals surface area contributed by atoms with E-state index in [0.717, 1.165) is 11.4 Å². The number of nitrogens with one attached hydrogen (secondary N) is 1. The molecule has 0 radical (unpaired) electrons. The number of rotatable bonds is 6. The SMILES string of the molecule is Cc1ccc(C(C)C)c(OCCNc2ccc(Cl)cc2Cl)c1. The molecule has 0 amide bonds. The van der Waals surface area contributed by atoms with Gasteiger partial charge in [-0.1, -0.05) is 49.2 Å². The van der Waals surface area contributed by atoms with E-state index in [0.29, 0.717) is 29.1 Å². The van der Waals surface area contributed by atoms with Crippen molar-refractivity contribution in [2.45, 2.75) is 26.7 Å². The van der Waals surface area contributed by atoms with Crippen LogP contribution < -0.4 is 10.1 Å². The standard InChI is InChI=1S/C18H21Cl2NO/c1-12(2)15-6-4-13(3)10-18(15)22-9-8-21-17-7-5-14(19)11-16(17)20/h4-7,10-12,21H,8-9H2,1-3H3. The first kappa shape index (κ1) is 17.0. The van der Waals surface area contributed by atoms with Crippen LogP contribution in [0.2, 0.25) is 10.0 Å². The van der Waals surface area contributed by atoms with Crippen LogP contribution in [0.1, 0.15) is 30.9 Å². The quantitative estimate of drug-likeness (QED) is 0.661. The minimum atomic E-state index is 0.439. The summed E-state index contributed by atoms with van der Waals surface area (Å²) in [6.07, 6.45) is 0. The molecule has 118 valence electrons. The van der Waals surface area contributed by atoms with Gasteiger partial charge in [0.05, 0.1) is 10.7 Å². The Morgan fingerprint density at radius 1 is 1.09 bits per heavy atom. The molecule has 2 aromatic carbocycles. The molecule has 0 heterocycles. The fourth-order valence-corrected chi connectivity index (χ4v) is 2.70. The monoisotopic (exact) mass is 337 g/mol. The summed E-state index contributed by atoms with van der Waals surface area (Å²) in [5, 5.41) is 4.51. The van der Waals surface area contributed by atoms with Crippen LogP contribution in [-0.2, 0) is 0 Å². The zero-order chi connectivity index (χ0) is 16.1. The van der Waals surface area contributed by atoms with Gasteiger partial charge < -0.3 is 10.1 Å². The molecule has 0 spiro atoms. The van der Waals surface area contributed by atoms with Crippen LogP contribution in [0, 0.1) is 6.92 Å². The molecule has 0 atom stereocenters. The van der Waals surface area contributed by atoms with Crippen molar-refractivity contribution in [3.63, 3.8) is 0 Å². The summed E-state index contributed by atoms with van der Waals surface area (Å²) in [7, 11) is 0.